The molecule has 0 aliphatic rings. The summed E-state index contributed by atoms with van der Waals surface area (Å²) >= 11 is 3.27. The number of carbonyl (C=O) groups excluding carboxylic acids is 1. The van der Waals surface area contributed by atoms with Crippen LogP contribution in [0.25, 0.3) is 0 Å². The van der Waals surface area contributed by atoms with E-state index in [1.807, 2.05) is 6.07 Å². The summed E-state index contributed by atoms with van der Waals surface area (Å²) in [4.78, 5) is 11.6. The molecule has 3 N–H and O–H groups in total. The molecule has 0 fully saturated rings. The summed E-state index contributed by atoms with van der Waals surface area (Å²) in [6, 6.07) is 6.88. The minimum absolute atomic E-state index is 0.0139. The summed E-state index contributed by atoms with van der Waals surface area (Å²) in [5.74, 6) is -0.230. The molecular weight excluding hydrogens is 276 g/mol. The fourth-order valence-electron chi connectivity index (χ4n) is 1.08. The van der Waals surface area contributed by atoms with E-state index >= 15 is 0 Å². The van der Waals surface area contributed by atoms with Gasteiger partial charge in [-0.05, 0) is 18.2 Å². The average molecular weight is 283 g/mol. The maximum Gasteiger partial charge on any atom is 0.368 e. The van der Waals surface area contributed by atoms with Crippen molar-refractivity contribution in [1.82, 2.24) is 15.4 Å². The number of rotatable bonds is 2. The Labute approximate surface area is 98.9 Å². The molecule has 0 radical (unpaired) electrons. The highest BCUT2D eigenvalue weighted by Crippen LogP contribution is 2.19. The fraction of sp³-hybridized carbons (Fsp3) is 0. The van der Waals surface area contributed by atoms with Gasteiger partial charge in [0.25, 0.3) is 0 Å². The van der Waals surface area contributed by atoms with E-state index in [4.69, 9.17) is 10.5 Å². The van der Waals surface area contributed by atoms with Gasteiger partial charge in [-0.15, -0.1) is 10.2 Å². The Kier molecular flexibility index (Phi) is 2.86. The molecule has 82 valence electrons. The van der Waals surface area contributed by atoms with Crippen molar-refractivity contribution in [3.63, 3.8) is 0 Å². The molecule has 0 saturated carbocycles. The molecule has 7 heteroatoms. The number of benzene rings is 1. The first kappa shape index (κ1) is 10.6. The summed E-state index contributed by atoms with van der Waals surface area (Å²) in [6.45, 7) is 0. The summed E-state index contributed by atoms with van der Waals surface area (Å²) in [6.07, 6.45) is 0. The number of ether oxygens (including phenoxy) is 1. The van der Waals surface area contributed by atoms with E-state index in [1.54, 1.807) is 18.2 Å². The number of H-pyrrole nitrogens is 1. The zero-order chi connectivity index (χ0) is 11.5. The van der Waals surface area contributed by atoms with Crippen LogP contribution in [0.15, 0.2) is 28.7 Å². The third-order valence-corrected chi connectivity index (χ3v) is 2.27. The molecule has 0 atom stereocenters. The second-order valence-electron chi connectivity index (χ2n) is 2.90. The van der Waals surface area contributed by atoms with Gasteiger partial charge in [-0.2, -0.15) is 5.21 Å². The topological polar surface area (TPSA) is 93.9 Å². The van der Waals surface area contributed by atoms with Crippen molar-refractivity contribution >= 4 is 27.7 Å². The number of anilines is 1. The number of esters is 1. The minimum Gasteiger partial charge on any atom is -0.422 e. The van der Waals surface area contributed by atoms with E-state index in [2.05, 4.69) is 31.3 Å². The summed E-state index contributed by atoms with van der Waals surface area (Å²) in [5.41, 5.74) is 5.38. The van der Waals surface area contributed by atoms with Crippen LogP contribution < -0.4 is 10.5 Å². The third-order valence-electron chi connectivity index (χ3n) is 1.77. The third kappa shape index (κ3) is 2.19. The first-order chi connectivity index (χ1) is 7.66. The van der Waals surface area contributed by atoms with E-state index in [0.29, 0.717) is 5.75 Å². The quantitative estimate of drug-likeness (QED) is 0.641. The standard InChI is InChI=1S/C9H7BrN4O2/c10-5-2-1-3-6(4-5)16-9(15)7-8(11)13-14-12-7/h1-4H,(H3,11,12,13,14). The van der Waals surface area contributed by atoms with Crippen LogP contribution in [-0.2, 0) is 0 Å². The molecule has 0 aliphatic heterocycles. The van der Waals surface area contributed by atoms with Crippen molar-refractivity contribution in [2.45, 2.75) is 0 Å². The number of halogens is 1. The van der Waals surface area contributed by atoms with Crippen LogP contribution in [0.5, 0.6) is 5.75 Å². The number of carbonyl (C=O) groups is 1. The summed E-state index contributed by atoms with van der Waals surface area (Å²) < 4.78 is 5.86. The maximum absolute atomic E-state index is 11.6. The molecule has 0 bridgehead atoms. The van der Waals surface area contributed by atoms with Crippen LogP contribution in [0.3, 0.4) is 0 Å². The number of hydrogen-bond acceptors (Lipinski definition) is 5. The predicted molar refractivity (Wildman–Crippen MR) is 59.9 cm³/mol. The van der Waals surface area contributed by atoms with Crippen LogP contribution in [0.2, 0.25) is 0 Å². The molecule has 1 heterocycles. The van der Waals surface area contributed by atoms with Crippen molar-refractivity contribution in [1.29, 1.82) is 0 Å². The first-order valence-corrected chi connectivity index (χ1v) is 5.10. The van der Waals surface area contributed by atoms with Gasteiger partial charge in [0.2, 0.25) is 5.69 Å². The molecule has 2 aromatic rings. The van der Waals surface area contributed by atoms with Crippen LogP contribution in [0.1, 0.15) is 10.5 Å². The van der Waals surface area contributed by atoms with Gasteiger partial charge in [0.05, 0.1) is 0 Å². The Balaban J connectivity index is 2.17. The highest BCUT2D eigenvalue weighted by Gasteiger charge is 2.16. The van der Waals surface area contributed by atoms with Gasteiger partial charge < -0.3 is 10.5 Å². The lowest BCUT2D eigenvalue weighted by molar-refractivity contribution is 0.0729. The molecule has 1 aromatic heterocycles. The van der Waals surface area contributed by atoms with Gasteiger partial charge in [0.1, 0.15) is 5.75 Å². The number of nitrogen functional groups attached to an aromatic ring is 1. The molecule has 0 spiro atoms. The molecule has 2 rings (SSSR count). The maximum atomic E-state index is 11.6. The minimum atomic E-state index is -0.649. The smallest absolute Gasteiger partial charge is 0.368 e. The zero-order valence-electron chi connectivity index (χ0n) is 7.98. The number of aromatic amines is 1. The number of aromatic nitrogens is 3. The molecule has 0 aliphatic carbocycles. The van der Waals surface area contributed by atoms with Gasteiger partial charge in [-0.1, -0.05) is 22.0 Å². The van der Waals surface area contributed by atoms with E-state index in [-0.39, 0.29) is 11.5 Å². The second kappa shape index (κ2) is 4.31. The largest absolute Gasteiger partial charge is 0.422 e. The molecule has 0 amide bonds. The molecule has 16 heavy (non-hydrogen) atoms. The lowest BCUT2D eigenvalue weighted by Crippen LogP contribution is -2.11. The van der Waals surface area contributed by atoms with Crippen molar-refractivity contribution in [3.05, 3.63) is 34.4 Å². The van der Waals surface area contributed by atoms with Crippen molar-refractivity contribution in [3.8, 4) is 5.75 Å². The van der Waals surface area contributed by atoms with Gasteiger partial charge in [-0.3, -0.25) is 0 Å². The Morgan fingerprint density at radius 2 is 2.25 bits per heavy atom. The molecule has 1 aromatic carbocycles. The van der Waals surface area contributed by atoms with Crippen molar-refractivity contribution in [2.75, 3.05) is 5.73 Å². The van der Waals surface area contributed by atoms with Crippen LogP contribution in [0.4, 0.5) is 5.82 Å². The van der Waals surface area contributed by atoms with Crippen molar-refractivity contribution in [2.24, 2.45) is 0 Å². The highest BCUT2D eigenvalue weighted by atomic mass is 79.9. The molecule has 6 nitrogen and oxygen atoms in total. The molecule has 0 unspecified atom stereocenters. The Bertz CT molecular complexity index is 526. The number of nitrogens with one attached hydrogen (secondary N) is 1. The number of hydrogen-bond donors (Lipinski definition) is 2. The number of nitrogens with two attached hydrogens (primary N) is 1. The Morgan fingerprint density at radius 1 is 1.44 bits per heavy atom. The van der Waals surface area contributed by atoms with Crippen LogP contribution >= 0.6 is 15.9 Å². The molecule has 0 saturated heterocycles. The normalized spacial score (nSPS) is 10.1. The highest BCUT2D eigenvalue weighted by molar-refractivity contribution is 9.10. The summed E-state index contributed by atoms with van der Waals surface area (Å²) in [7, 11) is 0. The van der Waals surface area contributed by atoms with Gasteiger partial charge >= 0.3 is 5.97 Å². The monoisotopic (exact) mass is 282 g/mol. The fourth-order valence-corrected chi connectivity index (χ4v) is 1.45. The van der Waals surface area contributed by atoms with E-state index in [9.17, 15) is 4.79 Å². The van der Waals surface area contributed by atoms with Gasteiger partial charge in [0, 0.05) is 4.47 Å². The Morgan fingerprint density at radius 3 is 2.88 bits per heavy atom. The predicted octanol–water partition coefficient (Wildman–Crippen LogP) is 1.37. The lowest BCUT2D eigenvalue weighted by Gasteiger charge is -2.02. The average Bonchev–Trinajstić information content (AvgIpc) is 2.64. The van der Waals surface area contributed by atoms with Gasteiger partial charge in [-0.25, -0.2) is 4.79 Å². The zero-order valence-corrected chi connectivity index (χ0v) is 9.56. The number of nitrogens with zero attached hydrogens (tertiary/aromatic N) is 2. The van der Waals surface area contributed by atoms with Gasteiger partial charge in [0.15, 0.2) is 5.82 Å². The lowest BCUT2D eigenvalue weighted by atomic mass is 10.3. The first-order valence-electron chi connectivity index (χ1n) is 4.31. The second-order valence-corrected chi connectivity index (χ2v) is 3.82. The van der Waals surface area contributed by atoms with E-state index < -0.39 is 5.97 Å². The van der Waals surface area contributed by atoms with E-state index in [0.717, 1.165) is 4.47 Å². The molecular formula is C9H7BrN4O2. The summed E-state index contributed by atoms with van der Waals surface area (Å²) in [5, 5.41) is 9.36. The van der Waals surface area contributed by atoms with Crippen LogP contribution in [-0.4, -0.2) is 21.4 Å². The van der Waals surface area contributed by atoms with E-state index in [1.165, 1.54) is 0 Å². The SMILES string of the molecule is Nc1n[nH]nc1C(=O)Oc1cccc(Br)c1. The van der Waals surface area contributed by atoms with Crippen LogP contribution in [0, 0.1) is 0 Å². The van der Waals surface area contributed by atoms with Crippen molar-refractivity contribution < 1.29 is 9.53 Å². The Hall–Kier alpha value is -1.89.